The van der Waals surface area contributed by atoms with E-state index >= 15 is 0 Å². The van der Waals surface area contributed by atoms with Gasteiger partial charge >= 0.3 is 52.7 Å². The number of nitrogens with one attached hydrogen (secondary N) is 1. The van der Waals surface area contributed by atoms with E-state index in [1.165, 1.54) is 12.1 Å². The number of anilines is 1. The molecule has 0 saturated carbocycles. The van der Waals surface area contributed by atoms with Gasteiger partial charge in [0, 0.05) is 10.9 Å². The van der Waals surface area contributed by atoms with Crippen LogP contribution in [0.4, 0.5) is 75.4 Å². The predicted molar refractivity (Wildman–Crippen MR) is 119 cm³/mol. The molecule has 1 N–H and O–H groups in total. The smallest absolute Gasteiger partial charge is 0.296 e. The van der Waals surface area contributed by atoms with Crippen LogP contribution >= 0.6 is 22.9 Å². The highest BCUT2D eigenvalue weighted by Crippen LogP contribution is 2.64. The number of carbonyl (C=O) groups excluding carboxylic acids is 1. The number of hydrogen-bond acceptors (Lipinski definition) is 3. The summed E-state index contributed by atoms with van der Waals surface area (Å²) >= 11 is 3.67. The molecule has 0 aliphatic carbocycles. The highest BCUT2D eigenvalue weighted by atomic mass is 35.5. The summed E-state index contributed by atoms with van der Waals surface area (Å²) in [7, 11) is 0. The van der Waals surface area contributed by atoms with E-state index in [9.17, 15) is 75.0 Å². The number of halogens is 17. The molecule has 0 saturated heterocycles. The van der Waals surface area contributed by atoms with Crippen molar-refractivity contribution in [3.63, 3.8) is 0 Å². The van der Waals surface area contributed by atoms with Gasteiger partial charge in [0.2, 0.25) is 0 Å². The van der Waals surface area contributed by atoms with Gasteiger partial charge in [0.15, 0.2) is 5.13 Å². The predicted octanol–water partition coefficient (Wildman–Crippen LogP) is 9.18. The zero-order valence-corrected chi connectivity index (χ0v) is 21.4. The topological polar surface area (TPSA) is 42.0 Å². The number of aromatic nitrogens is 1. The molecule has 1 amide bonds. The van der Waals surface area contributed by atoms with E-state index in [2.05, 4.69) is 16.6 Å². The van der Waals surface area contributed by atoms with Gasteiger partial charge in [0.25, 0.3) is 0 Å². The maximum atomic E-state index is 14.2. The van der Waals surface area contributed by atoms with Gasteiger partial charge in [-0.2, -0.15) is 70.2 Å². The first-order valence-corrected chi connectivity index (χ1v) is 11.9. The molecule has 0 spiro atoms. The van der Waals surface area contributed by atoms with Crippen LogP contribution in [-0.2, 0) is 4.79 Å². The van der Waals surface area contributed by atoms with Crippen LogP contribution in [0.5, 0.6) is 0 Å². The Bertz CT molecular complexity index is 1510. The van der Waals surface area contributed by atoms with Crippen molar-refractivity contribution in [2.75, 3.05) is 5.32 Å². The van der Waals surface area contributed by atoms with Crippen molar-refractivity contribution >= 4 is 44.7 Å². The minimum atomic E-state index is -8.66. The van der Waals surface area contributed by atoms with Crippen LogP contribution in [-0.4, -0.2) is 57.7 Å². The molecule has 1 heterocycles. The van der Waals surface area contributed by atoms with Crippen LogP contribution in [0.2, 0.25) is 0 Å². The maximum absolute atomic E-state index is 14.2. The average molecular weight is 689 g/mol. The standard InChI is InChI=1S/C22H9ClF16N2OS/c23-22(38,39)21(36,37)20(34,35)19(32,33)18(30,31)17(28,29)16(26,27)15(24,25)13(42)41-14-40-12(8-43-14)11-7-3-5-9-4-1-2-6-10(9)11/h1-8H,(H,40,41,42). The number of fused-ring (bicyclic) bond motifs is 1. The molecule has 0 aliphatic rings. The average Bonchev–Trinajstić information content (AvgIpc) is 3.35. The summed E-state index contributed by atoms with van der Waals surface area (Å²) in [4.78, 5) is 15.4. The van der Waals surface area contributed by atoms with Crippen molar-refractivity contribution in [2.24, 2.45) is 0 Å². The van der Waals surface area contributed by atoms with Gasteiger partial charge in [-0.1, -0.05) is 42.5 Å². The van der Waals surface area contributed by atoms with Crippen LogP contribution in [0.3, 0.4) is 0 Å². The normalized spacial score (nSPS) is 14.7. The second-order valence-electron chi connectivity index (χ2n) is 8.54. The Labute approximate surface area is 236 Å². The summed E-state index contributed by atoms with van der Waals surface area (Å²) in [6, 6.07) is 10.9. The molecule has 3 aromatic rings. The first kappa shape index (κ1) is 34.5. The number of benzene rings is 2. The highest BCUT2D eigenvalue weighted by Gasteiger charge is 2.95. The summed E-state index contributed by atoms with van der Waals surface area (Å²) in [5.41, 5.74) is 0.114. The molecule has 238 valence electrons. The van der Waals surface area contributed by atoms with Gasteiger partial charge in [0.1, 0.15) is 0 Å². The third kappa shape index (κ3) is 4.93. The number of hydrogen-bond donors (Lipinski definition) is 1. The van der Waals surface area contributed by atoms with Crippen LogP contribution in [0.15, 0.2) is 47.8 Å². The number of rotatable bonds is 10. The molecule has 0 bridgehead atoms. The van der Waals surface area contributed by atoms with E-state index in [4.69, 9.17) is 0 Å². The number of thiazole rings is 1. The largest absolute Gasteiger partial charge is 0.393 e. The summed E-state index contributed by atoms with van der Waals surface area (Å²) in [6.45, 7) is 0. The van der Waals surface area contributed by atoms with Gasteiger partial charge in [-0.05, 0) is 22.4 Å². The number of amides is 1. The molecular formula is C22H9ClF16N2OS. The Balaban J connectivity index is 1.96. The van der Waals surface area contributed by atoms with Crippen LogP contribution in [0.25, 0.3) is 22.0 Å². The molecule has 3 rings (SSSR count). The lowest BCUT2D eigenvalue weighted by Gasteiger charge is -2.42. The second-order valence-corrected chi connectivity index (χ2v) is 9.87. The van der Waals surface area contributed by atoms with Gasteiger partial charge in [-0.15, -0.1) is 11.3 Å². The highest BCUT2D eigenvalue weighted by molar-refractivity contribution is 7.14. The molecule has 0 fully saturated rings. The number of carbonyl (C=O) groups is 1. The van der Waals surface area contributed by atoms with E-state index in [0.29, 0.717) is 10.8 Å². The quantitative estimate of drug-likeness (QED) is 0.171. The Morgan fingerprint density at radius 1 is 0.651 bits per heavy atom. The van der Waals surface area contributed by atoms with E-state index in [0.717, 1.165) is 10.7 Å². The van der Waals surface area contributed by atoms with Gasteiger partial charge in [-0.3, -0.25) is 10.1 Å². The Kier molecular flexibility index (Phi) is 8.23. The van der Waals surface area contributed by atoms with Crippen molar-refractivity contribution in [1.29, 1.82) is 0 Å². The van der Waals surface area contributed by atoms with Gasteiger partial charge in [0.05, 0.1) is 5.69 Å². The summed E-state index contributed by atoms with van der Waals surface area (Å²) in [5, 5.41) is -5.00. The fourth-order valence-electron chi connectivity index (χ4n) is 3.39. The summed E-state index contributed by atoms with van der Waals surface area (Å²) in [6.07, 6.45) is 0. The van der Waals surface area contributed by atoms with E-state index in [1.807, 2.05) is 0 Å². The molecule has 0 unspecified atom stereocenters. The monoisotopic (exact) mass is 688 g/mol. The fourth-order valence-corrected chi connectivity index (χ4v) is 4.21. The van der Waals surface area contributed by atoms with Crippen molar-refractivity contribution in [3.05, 3.63) is 47.8 Å². The molecule has 43 heavy (non-hydrogen) atoms. The lowest BCUT2D eigenvalue weighted by molar-refractivity contribution is -0.445. The van der Waals surface area contributed by atoms with E-state index < -0.39 is 57.9 Å². The van der Waals surface area contributed by atoms with Gasteiger partial charge in [-0.25, -0.2) is 4.98 Å². The minimum absolute atomic E-state index is 0.136. The van der Waals surface area contributed by atoms with Crippen LogP contribution < -0.4 is 5.32 Å². The molecule has 0 aliphatic heterocycles. The zero-order valence-electron chi connectivity index (χ0n) is 19.8. The van der Waals surface area contributed by atoms with Crippen molar-refractivity contribution in [2.45, 2.75) is 46.8 Å². The molecule has 21 heteroatoms. The molecule has 3 nitrogen and oxygen atoms in total. The first-order valence-electron chi connectivity index (χ1n) is 10.7. The van der Waals surface area contributed by atoms with E-state index in [-0.39, 0.29) is 22.6 Å². The SMILES string of the molecule is O=C(Nc1nc(-c2cccc3ccccc23)cs1)C(F)(F)C(F)(F)C(F)(F)C(F)(F)C(F)(F)C(F)(F)C(F)(F)C(F)(F)Cl. The molecule has 1 aromatic heterocycles. The third-order valence-electron chi connectivity index (χ3n) is 5.80. The maximum Gasteiger partial charge on any atom is 0.393 e. The Morgan fingerprint density at radius 3 is 1.65 bits per heavy atom. The first-order chi connectivity index (χ1) is 19.2. The second kappa shape index (κ2) is 10.3. The molecular weight excluding hydrogens is 680 g/mol. The summed E-state index contributed by atoms with van der Waals surface area (Å²) in [5.74, 6) is -60.9. The zero-order chi connectivity index (χ0) is 33.2. The number of nitrogens with zero attached hydrogens (tertiary/aromatic N) is 1. The molecule has 0 radical (unpaired) electrons. The van der Waals surface area contributed by atoms with Crippen molar-refractivity contribution in [3.8, 4) is 11.3 Å². The molecule has 2 aromatic carbocycles. The fraction of sp³-hybridized carbons (Fsp3) is 0.364. The lowest BCUT2D eigenvalue weighted by Crippen LogP contribution is -2.75. The van der Waals surface area contributed by atoms with Gasteiger partial charge < -0.3 is 0 Å². The Hall–Kier alpha value is -3.03. The van der Waals surface area contributed by atoms with Crippen LogP contribution in [0, 0.1) is 0 Å². The van der Waals surface area contributed by atoms with E-state index in [1.54, 1.807) is 30.3 Å². The summed E-state index contributed by atoms with van der Waals surface area (Å²) < 4.78 is 218. The van der Waals surface area contributed by atoms with Crippen molar-refractivity contribution < 1.29 is 75.0 Å². The third-order valence-corrected chi connectivity index (χ3v) is 6.79. The van der Waals surface area contributed by atoms with Crippen molar-refractivity contribution in [1.82, 2.24) is 4.98 Å². The van der Waals surface area contributed by atoms with Crippen LogP contribution in [0.1, 0.15) is 0 Å². The minimum Gasteiger partial charge on any atom is -0.296 e. The lowest BCUT2D eigenvalue weighted by atomic mass is 9.89. The molecule has 0 atom stereocenters. The number of alkyl halides is 17. The Morgan fingerprint density at radius 2 is 1.12 bits per heavy atom.